The number of likely N-dealkylation sites (tertiary alicyclic amines) is 1. The summed E-state index contributed by atoms with van der Waals surface area (Å²) in [6.45, 7) is 10.9. The first kappa shape index (κ1) is 17.0. The van der Waals surface area contributed by atoms with Crippen molar-refractivity contribution in [2.75, 3.05) is 19.6 Å². The van der Waals surface area contributed by atoms with Gasteiger partial charge in [-0.2, -0.15) is 0 Å². The Kier molecular flexibility index (Phi) is 4.88. The molecule has 0 radical (unpaired) electrons. The number of nitrogens with one attached hydrogen (secondary N) is 1. The van der Waals surface area contributed by atoms with E-state index in [1.54, 1.807) is 0 Å². The molecule has 132 valence electrons. The van der Waals surface area contributed by atoms with Crippen molar-refractivity contribution in [1.82, 2.24) is 15.1 Å². The molecule has 2 saturated carbocycles. The predicted molar refractivity (Wildman–Crippen MR) is 91.6 cm³/mol. The average Bonchev–Trinajstić information content (AvgIpc) is 3.32. The van der Waals surface area contributed by atoms with Crippen molar-refractivity contribution in [2.24, 2.45) is 0 Å². The molecule has 1 heterocycles. The van der Waals surface area contributed by atoms with E-state index < -0.39 is 5.60 Å². The maximum Gasteiger partial charge on any atom is 0.410 e. The van der Waals surface area contributed by atoms with Crippen LogP contribution < -0.4 is 5.32 Å². The summed E-state index contributed by atoms with van der Waals surface area (Å²) < 4.78 is 5.55. The van der Waals surface area contributed by atoms with Crippen molar-refractivity contribution in [1.29, 1.82) is 0 Å². The Morgan fingerprint density at radius 3 is 2.52 bits per heavy atom. The molecule has 5 nitrogen and oxygen atoms in total. The van der Waals surface area contributed by atoms with Gasteiger partial charge in [-0.3, -0.25) is 4.90 Å². The molecule has 1 saturated heterocycles. The Hall–Kier alpha value is -0.810. The summed E-state index contributed by atoms with van der Waals surface area (Å²) in [7, 11) is 0. The van der Waals surface area contributed by atoms with Crippen LogP contribution in [0.15, 0.2) is 0 Å². The Morgan fingerprint density at radius 1 is 1.26 bits per heavy atom. The summed E-state index contributed by atoms with van der Waals surface area (Å²) in [5.74, 6) is 0. The highest BCUT2D eigenvalue weighted by atomic mass is 16.6. The predicted octanol–water partition coefficient (Wildman–Crippen LogP) is 2.60. The molecule has 0 aromatic carbocycles. The van der Waals surface area contributed by atoms with Gasteiger partial charge in [-0.25, -0.2) is 4.79 Å². The molecule has 23 heavy (non-hydrogen) atoms. The third kappa shape index (κ3) is 4.83. The van der Waals surface area contributed by atoms with E-state index in [9.17, 15) is 4.79 Å². The highest BCUT2D eigenvalue weighted by Gasteiger charge is 2.39. The molecule has 2 aliphatic carbocycles. The first-order valence-electron chi connectivity index (χ1n) is 9.32. The van der Waals surface area contributed by atoms with Gasteiger partial charge >= 0.3 is 6.09 Å². The van der Waals surface area contributed by atoms with Crippen LogP contribution in [-0.4, -0.2) is 65.3 Å². The minimum atomic E-state index is -0.413. The fourth-order valence-electron chi connectivity index (χ4n) is 3.64. The normalized spacial score (nSPS) is 28.9. The number of carbonyl (C=O) groups excluding carboxylic acids is 1. The topological polar surface area (TPSA) is 44.8 Å². The molecule has 0 aromatic rings. The smallest absolute Gasteiger partial charge is 0.410 e. The van der Waals surface area contributed by atoms with Crippen LogP contribution >= 0.6 is 0 Å². The van der Waals surface area contributed by atoms with Crippen LogP contribution in [0.3, 0.4) is 0 Å². The Labute approximate surface area is 140 Å². The quantitative estimate of drug-likeness (QED) is 0.816. The lowest BCUT2D eigenvalue weighted by Gasteiger charge is -2.28. The van der Waals surface area contributed by atoms with E-state index in [0.29, 0.717) is 18.1 Å². The summed E-state index contributed by atoms with van der Waals surface area (Å²) >= 11 is 0. The molecule has 2 atom stereocenters. The van der Waals surface area contributed by atoms with Gasteiger partial charge in [-0.1, -0.05) is 0 Å². The van der Waals surface area contributed by atoms with Crippen LogP contribution in [0.2, 0.25) is 0 Å². The van der Waals surface area contributed by atoms with Crippen LogP contribution in [-0.2, 0) is 4.74 Å². The van der Waals surface area contributed by atoms with Crippen molar-refractivity contribution in [2.45, 2.75) is 89.6 Å². The minimum Gasteiger partial charge on any atom is -0.444 e. The standard InChI is InChI=1S/C18H33N3O2/c1-13-11-14(12-21(13)16-7-8-16)19-9-10-20(15-5-6-15)17(22)23-18(2,3)4/h13-16,19H,5-12H2,1-4H3. The Bertz CT molecular complexity index is 426. The molecule has 1 aliphatic heterocycles. The molecule has 1 N–H and O–H groups in total. The largest absolute Gasteiger partial charge is 0.444 e. The number of hydrogen-bond acceptors (Lipinski definition) is 4. The summed E-state index contributed by atoms with van der Waals surface area (Å²) in [4.78, 5) is 16.9. The lowest BCUT2D eigenvalue weighted by molar-refractivity contribution is 0.0234. The van der Waals surface area contributed by atoms with Crippen molar-refractivity contribution >= 4 is 6.09 Å². The average molecular weight is 323 g/mol. The van der Waals surface area contributed by atoms with Crippen LogP contribution in [0.5, 0.6) is 0 Å². The Balaban J connectivity index is 1.42. The van der Waals surface area contributed by atoms with Crippen molar-refractivity contribution < 1.29 is 9.53 Å². The summed E-state index contributed by atoms with van der Waals surface area (Å²) in [6.07, 6.45) is 6.08. The fraction of sp³-hybridized carbons (Fsp3) is 0.944. The molecule has 0 aromatic heterocycles. The summed E-state index contributed by atoms with van der Waals surface area (Å²) in [6, 6.07) is 2.52. The number of ether oxygens (including phenoxy) is 1. The monoisotopic (exact) mass is 323 g/mol. The van der Waals surface area contributed by atoms with Gasteiger partial charge in [0, 0.05) is 43.8 Å². The number of carbonyl (C=O) groups is 1. The summed E-state index contributed by atoms with van der Waals surface area (Å²) in [5, 5.41) is 3.66. The molecule has 3 rings (SSSR count). The lowest BCUT2D eigenvalue weighted by Crippen LogP contribution is -2.44. The molecule has 3 fully saturated rings. The molecular weight excluding hydrogens is 290 g/mol. The zero-order valence-corrected chi connectivity index (χ0v) is 15.2. The van der Waals surface area contributed by atoms with Gasteiger partial charge in [0.25, 0.3) is 0 Å². The number of amides is 1. The molecule has 3 aliphatic rings. The van der Waals surface area contributed by atoms with E-state index >= 15 is 0 Å². The fourth-order valence-corrected chi connectivity index (χ4v) is 3.64. The highest BCUT2D eigenvalue weighted by Crippen LogP contribution is 2.33. The number of rotatable bonds is 6. The maximum atomic E-state index is 12.3. The van der Waals surface area contributed by atoms with E-state index in [1.165, 1.54) is 25.8 Å². The van der Waals surface area contributed by atoms with Crippen LogP contribution in [0, 0.1) is 0 Å². The van der Waals surface area contributed by atoms with Gasteiger partial charge in [-0.15, -0.1) is 0 Å². The number of nitrogens with zero attached hydrogens (tertiary/aromatic N) is 2. The van der Waals surface area contributed by atoms with E-state index in [0.717, 1.165) is 32.0 Å². The minimum absolute atomic E-state index is 0.152. The molecule has 1 amide bonds. The second kappa shape index (κ2) is 6.60. The van der Waals surface area contributed by atoms with Crippen LogP contribution in [0.25, 0.3) is 0 Å². The molecular formula is C18H33N3O2. The van der Waals surface area contributed by atoms with Gasteiger partial charge in [-0.05, 0) is 59.8 Å². The first-order valence-corrected chi connectivity index (χ1v) is 9.32. The van der Waals surface area contributed by atoms with Crippen molar-refractivity contribution in [3.63, 3.8) is 0 Å². The number of hydrogen-bond donors (Lipinski definition) is 1. The zero-order valence-electron chi connectivity index (χ0n) is 15.2. The van der Waals surface area contributed by atoms with Crippen LogP contribution in [0.4, 0.5) is 4.79 Å². The van der Waals surface area contributed by atoms with Crippen LogP contribution in [0.1, 0.15) is 59.8 Å². The van der Waals surface area contributed by atoms with Gasteiger partial charge < -0.3 is 15.0 Å². The van der Waals surface area contributed by atoms with Gasteiger partial charge in [0.2, 0.25) is 0 Å². The third-order valence-electron chi connectivity index (χ3n) is 5.04. The van der Waals surface area contributed by atoms with Gasteiger partial charge in [0.05, 0.1) is 0 Å². The third-order valence-corrected chi connectivity index (χ3v) is 5.04. The molecule has 5 heteroatoms. The highest BCUT2D eigenvalue weighted by molar-refractivity contribution is 5.69. The van der Waals surface area contributed by atoms with Gasteiger partial charge in [0.1, 0.15) is 5.60 Å². The van der Waals surface area contributed by atoms with Crippen molar-refractivity contribution in [3.8, 4) is 0 Å². The second-order valence-corrected chi connectivity index (χ2v) is 8.57. The van der Waals surface area contributed by atoms with E-state index in [-0.39, 0.29) is 6.09 Å². The van der Waals surface area contributed by atoms with Crippen molar-refractivity contribution in [3.05, 3.63) is 0 Å². The Morgan fingerprint density at radius 2 is 1.96 bits per heavy atom. The second-order valence-electron chi connectivity index (χ2n) is 8.57. The SMILES string of the molecule is CC1CC(NCCN(C(=O)OC(C)(C)C)C2CC2)CN1C1CC1. The molecule has 0 spiro atoms. The zero-order chi connectivity index (χ0) is 16.6. The maximum absolute atomic E-state index is 12.3. The van der Waals surface area contributed by atoms with Gasteiger partial charge in [0.15, 0.2) is 0 Å². The van der Waals surface area contributed by atoms with E-state index in [2.05, 4.69) is 17.1 Å². The molecule has 0 bridgehead atoms. The summed E-state index contributed by atoms with van der Waals surface area (Å²) in [5.41, 5.74) is -0.413. The van der Waals surface area contributed by atoms with E-state index in [4.69, 9.17) is 4.74 Å². The van der Waals surface area contributed by atoms with E-state index in [1.807, 2.05) is 25.7 Å². The lowest BCUT2D eigenvalue weighted by atomic mass is 10.2. The molecule has 2 unspecified atom stereocenters. The first-order chi connectivity index (χ1) is 10.8.